The van der Waals surface area contributed by atoms with E-state index < -0.39 is 24.1 Å². The van der Waals surface area contributed by atoms with Crippen LogP contribution in [-0.2, 0) is 25.7 Å². The van der Waals surface area contributed by atoms with Gasteiger partial charge in [-0.25, -0.2) is 9.37 Å². The summed E-state index contributed by atoms with van der Waals surface area (Å²) >= 11 is 14.4. The number of benzene rings is 6. The highest BCUT2D eigenvalue weighted by molar-refractivity contribution is 6.40. The largest absolute Gasteiger partial charge is 0.508 e. The molecule has 6 heterocycles. The van der Waals surface area contributed by atoms with Gasteiger partial charge < -0.3 is 45.1 Å². The summed E-state index contributed by atoms with van der Waals surface area (Å²) in [4.78, 5) is 55.8. The molecule has 7 aliphatic rings. The molecule has 5 aromatic carbocycles. The number of fused-ring (bicyclic) bond motifs is 6. The number of hydrogen-bond donors (Lipinski definition) is 6. The molecule has 5 aromatic rings. The van der Waals surface area contributed by atoms with Crippen LogP contribution in [0.25, 0.3) is 39.0 Å². The second kappa shape index (κ2) is 17.8. The van der Waals surface area contributed by atoms with Crippen LogP contribution in [0.2, 0.25) is 10.0 Å². The number of halogens is 2. The minimum atomic E-state index is -2.02. The number of carbonyl (C=O) groups excluding carboxylic acids is 2. The van der Waals surface area contributed by atoms with Crippen molar-refractivity contribution in [1.82, 2.24) is 15.2 Å². The molecule has 1 aliphatic carbocycles. The molecular weight excluding hydrogens is 960 g/mol. The number of anilines is 1. The molecule has 6 N–H and O–H groups in total. The zero-order chi connectivity index (χ0) is 49.7. The minimum Gasteiger partial charge on any atom is -0.508 e. The molecular formula is C56H47Cl2N4O10+. The van der Waals surface area contributed by atoms with Crippen molar-refractivity contribution in [3.05, 3.63) is 159 Å². The van der Waals surface area contributed by atoms with Crippen LogP contribution in [0.15, 0.2) is 82.0 Å². The highest BCUT2D eigenvalue weighted by Gasteiger charge is 2.38. The third kappa shape index (κ3) is 7.49. The first kappa shape index (κ1) is 45.9. The number of amides is 2. The maximum Gasteiger partial charge on any atom is 0.337 e. The average molecular weight is 1010 g/mol. The molecule has 14 nitrogen and oxygen atoms in total. The highest BCUT2D eigenvalue weighted by Crippen LogP contribution is 2.51. The Morgan fingerprint density at radius 2 is 1.49 bits per heavy atom. The van der Waals surface area contributed by atoms with Crippen LogP contribution in [0.5, 0.6) is 17.2 Å². The number of carbonyl (C=O) groups is 3. The molecule has 16 heteroatoms. The third-order valence-electron chi connectivity index (χ3n) is 14.8. The number of aliphatic hydroxyl groups excluding tert-OH is 1. The van der Waals surface area contributed by atoms with Gasteiger partial charge >= 0.3 is 5.97 Å². The van der Waals surface area contributed by atoms with E-state index in [4.69, 9.17) is 32.4 Å². The number of nitrogens with one attached hydrogen (secondary N) is 2. The Kier molecular flexibility index (Phi) is 11.3. The van der Waals surface area contributed by atoms with Gasteiger partial charge in [-0.2, -0.15) is 0 Å². The average Bonchev–Trinajstić information content (AvgIpc) is 3.37. The fourth-order valence-electron chi connectivity index (χ4n) is 11.9. The third-order valence-corrected chi connectivity index (χ3v) is 15.5. The van der Waals surface area contributed by atoms with Gasteiger partial charge in [0.15, 0.2) is 11.7 Å². The van der Waals surface area contributed by atoms with E-state index >= 15 is 0 Å². The zero-order valence-electron chi connectivity index (χ0n) is 38.8. The standard InChI is InChI=1S/C56H46Cl2N4O10/c57-41-26-40(54(66)60-16-15-59-53(65)29-9-12-32(37(23-29)55(67)68)44-33-13-10-30(63)24-42(33)71-43-25-31(64)11-14-34(43)44)48(58)47(56(69)70)46(41)45-38-21-27-5-1-17-61-19-3-7-35(49(27)61)51(38)72-52-36-8-4-20-62-18-2-6-28(50(36)62)22-39(45)52/h9-14,21-26,55,67-68H,1-8,15-20H2,(H3-,59,60,63,64,65,66,69,70)/p+1. The van der Waals surface area contributed by atoms with Crippen LogP contribution in [-0.4, -0.2) is 77.5 Å². The van der Waals surface area contributed by atoms with Crippen LogP contribution < -0.4 is 40.9 Å². The molecule has 0 unspecified atom stereocenters. The van der Waals surface area contributed by atoms with E-state index in [0.717, 1.165) is 111 Å². The first-order valence-electron chi connectivity index (χ1n) is 24.3. The van der Waals surface area contributed by atoms with Gasteiger partial charge in [0.05, 0.1) is 26.7 Å². The first-order chi connectivity index (χ1) is 34.8. The van der Waals surface area contributed by atoms with E-state index in [-0.39, 0.29) is 73.5 Å². The Morgan fingerprint density at radius 1 is 0.750 bits per heavy atom. The van der Waals surface area contributed by atoms with Gasteiger partial charge in [-0.15, -0.1) is 0 Å². The minimum absolute atomic E-state index is 0.0136. The fourth-order valence-corrected chi connectivity index (χ4v) is 12.5. The van der Waals surface area contributed by atoms with Gasteiger partial charge in [0.25, 0.3) is 11.8 Å². The van der Waals surface area contributed by atoms with E-state index in [2.05, 4.69) is 32.2 Å². The molecule has 6 aliphatic heterocycles. The van der Waals surface area contributed by atoms with Gasteiger partial charge in [-0.3, -0.25) is 14.4 Å². The van der Waals surface area contributed by atoms with E-state index in [1.54, 1.807) is 18.2 Å². The summed E-state index contributed by atoms with van der Waals surface area (Å²) in [7, 11) is 0. The molecule has 0 bridgehead atoms. The number of nitrogens with zero attached hydrogens (tertiary/aromatic N) is 2. The van der Waals surface area contributed by atoms with Crippen LogP contribution in [0, 0.1) is 0 Å². The topological polar surface area (TPSA) is 202 Å². The number of aliphatic hydroxyl groups is 2. The highest BCUT2D eigenvalue weighted by atomic mass is 35.5. The summed E-state index contributed by atoms with van der Waals surface area (Å²) in [6, 6.07) is 18.8. The predicted octanol–water partition coefficient (Wildman–Crippen LogP) is 6.85. The number of hydrogen-bond acceptors (Lipinski definition) is 10. The van der Waals surface area contributed by atoms with Crippen LogP contribution >= 0.6 is 23.2 Å². The molecule has 72 heavy (non-hydrogen) atoms. The van der Waals surface area contributed by atoms with Crippen molar-refractivity contribution in [2.45, 2.75) is 57.7 Å². The van der Waals surface area contributed by atoms with E-state index in [9.17, 15) is 39.6 Å². The quantitative estimate of drug-likeness (QED) is 0.0382. The number of ether oxygens (including phenoxy) is 1. The maximum absolute atomic E-state index is 14.0. The van der Waals surface area contributed by atoms with Gasteiger partial charge in [-0.05, 0) is 104 Å². The summed E-state index contributed by atoms with van der Waals surface area (Å²) in [6.45, 7) is 3.70. The SMILES string of the molecule is O=C(NCCNC(=O)c1cc(Cl)c(C2=c3cc4c5c(c3Oc3c2cc2c6c3CCCN6CCC2)CCC[N+]=5CCC4)c(C(=O)O)c1Cl)c1ccc(-c2c3ccc(=O)cc-3oc3cc(O)ccc23)c(C(O)O)c1. The molecule has 0 saturated carbocycles. The Morgan fingerprint density at radius 3 is 2.28 bits per heavy atom. The number of carboxylic acids is 1. The van der Waals surface area contributed by atoms with Gasteiger partial charge in [0.1, 0.15) is 41.7 Å². The molecule has 0 aromatic heterocycles. The number of aromatic hydroxyl groups is 1. The Bertz CT molecular complexity index is 3710. The van der Waals surface area contributed by atoms with Crippen molar-refractivity contribution in [1.29, 1.82) is 0 Å². The van der Waals surface area contributed by atoms with Gasteiger partial charge in [0.2, 0.25) is 5.36 Å². The number of phenolic OH excluding ortho intramolecular Hbond substituents is 1. The number of aromatic carboxylic acids is 1. The molecule has 0 fully saturated rings. The second-order valence-electron chi connectivity index (χ2n) is 19.1. The second-order valence-corrected chi connectivity index (χ2v) is 19.9. The summed E-state index contributed by atoms with van der Waals surface area (Å²) in [6.07, 6.45) is 5.26. The van der Waals surface area contributed by atoms with Crippen molar-refractivity contribution in [2.75, 3.05) is 44.2 Å². The number of carboxylic acid groups (broad SMARTS) is 1. The molecule has 0 saturated heterocycles. The lowest BCUT2D eigenvalue weighted by Crippen LogP contribution is -2.45. The van der Waals surface area contributed by atoms with E-state index in [0.29, 0.717) is 27.6 Å². The Hall–Kier alpha value is -7.23. The molecule has 0 radical (unpaired) electrons. The van der Waals surface area contributed by atoms with Gasteiger partial charge in [0, 0.05) is 118 Å². The Balaban J connectivity index is 0.859. The van der Waals surface area contributed by atoms with E-state index in [1.807, 2.05) is 0 Å². The molecule has 2 amide bonds. The predicted molar refractivity (Wildman–Crippen MR) is 272 cm³/mol. The summed E-state index contributed by atoms with van der Waals surface area (Å²) in [5.74, 6) is -1.07. The van der Waals surface area contributed by atoms with Crippen LogP contribution in [0.4, 0.5) is 5.69 Å². The van der Waals surface area contributed by atoms with Crippen molar-refractivity contribution in [3.8, 4) is 39.7 Å². The number of phenols is 1. The number of aryl methyl sites for hydroxylation is 2. The molecule has 0 atom stereocenters. The normalized spacial score (nSPS) is 15.4. The van der Waals surface area contributed by atoms with Crippen molar-refractivity contribution in [2.24, 2.45) is 0 Å². The summed E-state index contributed by atoms with van der Waals surface area (Å²) < 4.78 is 15.5. The molecule has 364 valence electrons. The summed E-state index contributed by atoms with van der Waals surface area (Å²) in [5.41, 5.74) is 8.30. The first-order valence-corrected chi connectivity index (χ1v) is 25.0. The smallest absolute Gasteiger partial charge is 0.337 e. The monoisotopic (exact) mass is 1010 g/mol. The van der Waals surface area contributed by atoms with Crippen molar-refractivity contribution >= 4 is 63.2 Å². The van der Waals surface area contributed by atoms with Crippen molar-refractivity contribution in [3.63, 3.8) is 0 Å². The fraction of sp³-hybridized carbons (Fsp3) is 0.268. The van der Waals surface area contributed by atoms with E-state index in [1.165, 1.54) is 64.6 Å². The lowest BCUT2D eigenvalue weighted by atomic mass is 9.81. The maximum atomic E-state index is 14.0. The molecule has 0 spiro atoms. The number of rotatable bonds is 9. The molecule has 12 rings (SSSR count). The lowest BCUT2D eigenvalue weighted by molar-refractivity contribution is -0.0420. The van der Waals surface area contributed by atoms with Crippen LogP contribution in [0.1, 0.15) is 102 Å². The van der Waals surface area contributed by atoms with Crippen LogP contribution in [0.3, 0.4) is 0 Å². The van der Waals surface area contributed by atoms with Gasteiger partial charge in [-0.1, -0.05) is 29.3 Å². The Labute approximate surface area is 421 Å². The lowest BCUT2D eigenvalue weighted by Gasteiger charge is -2.39. The summed E-state index contributed by atoms with van der Waals surface area (Å²) in [5, 5.41) is 50.2. The van der Waals surface area contributed by atoms with Crippen molar-refractivity contribution < 1.29 is 44.0 Å². The zero-order valence-corrected chi connectivity index (χ0v) is 40.3.